The molecule has 0 spiro atoms. The molecule has 1 unspecified atom stereocenters. The first-order valence-corrected chi connectivity index (χ1v) is 5.21. The van der Waals surface area contributed by atoms with E-state index in [4.69, 9.17) is 0 Å². The van der Waals surface area contributed by atoms with Gasteiger partial charge in [0.15, 0.2) is 5.82 Å². The van der Waals surface area contributed by atoms with Crippen molar-refractivity contribution < 1.29 is 0 Å². The molecule has 0 aliphatic heterocycles. The average Bonchev–Trinajstić information content (AvgIpc) is 2.52. The maximum atomic E-state index is 4.22. The first-order chi connectivity index (χ1) is 6.63. The van der Waals surface area contributed by atoms with Crippen LogP contribution in [0.1, 0.15) is 33.0 Å². The lowest BCUT2D eigenvalue weighted by molar-refractivity contribution is 0.383. The SMILES string of the molecule is CCC(NCc1ncn(C)n1)C(C)C. The van der Waals surface area contributed by atoms with Crippen molar-refractivity contribution in [3.63, 3.8) is 0 Å². The Balaban J connectivity index is 2.39. The summed E-state index contributed by atoms with van der Waals surface area (Å²) in [6.07, 6.45) is 2.87. The minimum Gasteiger partial charge on any atom is -0.307 e. The van der Waals surface area contributed by atoms with Gasteiger partial charge in [0.25, 0.3) is 0 Å². The number of aryl methyl sites for hydroxylation is 1. The van der Waals surface area contributed by atoms with E-state index in [1.165, 1.54) is 0 Å². The van der Waals surface area contributed by atoms with Crippen molar-refractivity contribution in [2.45, 2.75) is 39.8 Å². The number of hydrogen-bond donors (Lipinski definition) is 1. The lowest BCUT2D eigenvalue weighted by atomic mass is 10.0. The molecule has 14 heavy (non-hydrogen) atoms. The van der Waals surface area contributed by atoms with E-state index in [2.05, 4.69) is 36.2 Å². The van der Waals surface area contributed by atoms with Crippen LogP contribution in [0.25, 0.3) is 0 Å². The highest BCUT2D eigenvalue weighted by Gasteiger charge is 2.10. The normalized spacial score (nSPS) is 13.5. The second-order valence-electron chi connectivity index (χ2n) is 3.97. The number of nitrogens with one attached hydrogen (secondary N) is 1. The fourth-order valence-electron chi connectivity index (χ4n) is 1.54. The Morgan fingerprint density at radius 2 is 2.21 bits per heavy atom. The monoisotopic (exact) mass is 196 g/mol. The minimum absolute atomic E-state index is 0.554. The van der Waals surface area contributed by atoms with E-state index < -0.39 is 0 Å². The summed E-state index contributed by atoms with van der Waals surface area (Å²) in [7, 11) is 1.89. The van der Waals surface area contributed by atoms with Crippen LogP contribution in [0.15, 0.2) is 6.33 Å². The zero-order valence-corrected chi connectivity index (χ0v) is 9.49. The van der Waals surface area contributed by atoms with Gasteiger partial charge in [-0.25, -0.2) is 4.98 Å². The summed E-state index contributed by atoms with van der Waals surface area (Å²) in [6.45, 7) is 7.42. The third-order valence-corrected chi connectivity index (χ3v) is 2.41. The van der Waals surface area contributed by atoms with Crippen LogP contribution in [0.4, 0.5) is 0 Å². The molecular weight excluding hydrogens is 176 g/mol. The van der Waals surface area contributed by atoms with Gasteiger partial charge in [-0.2, -0.15) is 5.10 Å². The summed E-state index contributed by atoms with van der Waals surface area (Å²) in [5, 5.41) is 7.68. The van der Waals surface area contributed by atoms with Crippen molar-refractivity contribution >= 4 is 0 Å². The summed E-state index contributed by atoms with van der Waals surface area (Å²) < 4.78 is 1.73. The van der Waals surface area contributed by atoms with Crippen LogP contribution < -0.4 is 5.32 Å². The van der Waals surface area contributed by atoms with E-state index in [1.807, 2.05) is 7.05 Å². The highest BCUT2D eigenvalue weighted by Crippen LogP contribution is 2.05. The molecule has 0 aliphatic rings. The first kappa shape index (κ1) is 11.2. The largest absolute Gasteiger partial charge is 0.307 e. The van der Waals surface area contributed by atoms with Crippen LogP contribution in [-0.4, -0.2) is 20.8 Å². The predicted molar refractivity (Wildman–Crippen MR) is 56.8 cm³/mol. The third kappa shape index (κ3) is 3.10. The lowest BCUT2D eigenvalue weighted by Crippen LogP contribution is -2.33. The summed E-state index contributed by atoms with van der Waals surface area (Å²) in [4.78, 5) is 4.17. The Labute approximate surface area is 85.7 Å². The maximum Gasteiger partial charge on any atom is 0.164 e. The Kier molecular flexibility index (Phi) is 4.07. The first-order valence-electron chi connectivity index (χ1n) is 5.21. The van der Waals surface area contributed by atoms with Crippen LogP contribution in [0.3, 0.4) is 0 Å². The van der Waals surface area contributed by atoms with Gasteiger partial charge in [-0.15, -0.1) is 0 Å². The van der Waals surface area contributed by atoms with E-state index in [0.717, 1.165) is 18.8 Å². The van der Waals surface area contributed by atoms with Gasteiger partial charge in [0.05, 0.1) is 6.54 Å². The van der Waals surface area contributed by atoms with Crippen LogP contribution in [0.5, 0.6) is 0 Å². The molecule has 1 heterocycles. The van der Waals surface area contributed by atoms with Crippen LogP contribution >= 0.6 is 0 Å². The second kappa shape index (κ2) is 5.10. The van der Waals surface area contributed by atoms with Crippen molar-refractivity contribution in [3.8, 4) is 0 Å². The van der Waals surface area contributed by atoms with Gasteiger partial charge in [-0.1, -0.05) is 20.8 Å². The summed E-state index contributed by atoms with van der Waals surface area (Å²) in [5.74, 6) is 1.52. The number of aromatic nitrogens is 3. The highest BCUT2D eigenvalue weighted by atomic mass is 15.3. The van der Waals surface area contributed by atoms with Crippen molar-refractivity contribution in [3.05, 3.63) is 12.2 Å². The Morgan fingerprint density at radius 1 is 1.50 bits per heavy atom. The standard InChI is InChI=1S/C10H20N4/c1-5-9(8(2)3)11-6-10-12-7-14(4)13-10/h7-9,11H,5-6H2,1-4H3. The zero-order valence-electron chi connectivity index (χ0n) is 9.49. The average molecular weight is 196 g/mol. The Hall–Kier alpha value is -0.900. The molecular formula is C10H20N4. The van der Waals surface area contributed by atoms with Crippen molar-refractivity contribution in [2.24, 2.45) is 13.0 Å². The molecule has 0 aliphatic carbocycles. The molecule has 80 valence electrons. The van der Waals surface area contributed by atoms with E-state index in [1.54, 1.807) is 11.0 Å². The van der Waals surface area contributed by atoms with Gasteiger partial charge in [0.2, 0.25) is 0 Å². The van der Waals surface area contributed by atoms with Crippen LogP contribution in [-0.2, 0) is 13.6 Å². The molecule has 0 amide bonds. The van der Waals surface area contributed by atoms with Gasteiger partial charge in [0.1, 0.15) is 6.33 Å². The van der Waals surface area contributed by atoms with Gasteiger partial charge < -0.3 is 5.32 Å². The highest BCUT2D eigenvalue weighted by molar-refractivity contribution is 4.82. The molecule has 1 N–H and O–H groups in total. The van der Waals surface area contributed by atoms with Crippen molar-refractivity contribution in [2.75, 3.05) is 0 Å². The molecule has 1 aromatic heterocycles. The molecule has 1 aromatic rings. The van der Waals surface area contributed by atoms with Gasteiger partial charge in [-0.05, 0) is 12.3 Å². The molecule has 0 aromatic carbocycles. The molecule has 4 nitrogen and oxygen atoms in total. The quantitative estimate of drug-likeness (QED) is 0.772. The molecule has 0 bridgehead atoms. The Bertz CT molecular complexity index is 267. The molecule has 1 atom stereocenters. The molecule has 0 radical (unpaired) electrons. The van der Waals surface area contributed by atoms with E-state index >= 15 is 0 Å². The fourth-order valence-corrected chi connectivity index (χ4v) is 1.54. The summed E-state index contributed by atoms with van der Waals surface area (Å²) >= 11 is 0. The molecule has 1 rings (SSSR count). The van der Waals surface area contributed by atoms with E-state index in [9.17, 15) is 0 Å². The predicted octanol–water partition coefficient (Wildman–Crippen LogP) is 1.34. The second-order valence-corrected chi connectivity index (χ2v) is 3.97. The van der Waals surface area contributed by atoms with Gasteiger partial charge in [-0.3, -0.25) is 4.68 Å². The van der Waals surface area contributed by atoms with E-state index in [0.29, 0.717) is 12.0 Å². The molecule has 0 saturated carbocycles. The van der Waals surface area contributed by atoms with E-state index in [-0.39, 0.29) is 0 Å². The van der Waals surface area contributed by atoms with Crippen molar-refractivity contribution in [1.82, 2.24) is 20.1 Å². The summed E-state index contributed by atoms with van der Waals surface area (Å²) in [5.41, 5.74) is 0. The lowest BCUT2D eigenvalue weighted by Gasteiger charge is -2.19. The van der Waals surface area contributed by atoms with Crippen LogP contribution in [0.2, 0.25) is 0 Å². The summed E-state index contributed by atoms with van der Waals surface area (Å²) in [6, 6.07) is 0.554. The Morgan fingerprint density at radius 3 is 2.64 bits per heavy atom. The third-order valence-electron chi connectivity index (χ3n) is 2.41. The van der Waals surface area contributed by atoms with Gasteiger partial charge in [0, 0.05) is 13.1 Å². The number of hydrogen-bond acceptors (Lipinski definition) is 3. The van der Waals surface area contributed by atoms with Gasteiger partial charge >= 0.3 is 0 Å². The molecule has 4 heteroatoms. The van der Waals surface area contributed by atoms with Crippen LogP contribution in [0, 0.1) is 5.92 Å². The smallest absolute Gasteiger partial charge is 0.164 e. The fraction of sp³-hybridized carbons (Fsp3) is 0.800. The maximum absolute atomic E-state index is 4.22. The minimum atomic E-state index is 0.554. The van der Waals surface area contributed by atoms with Crippen molar-refractivity contribution in [1.29, 1.82) is 0 Å². The number of nitrogens with zero attached hydrogens (tertiary/aromatic N) is 3. The molecule has 0 saturated heterocycles. The molecule has 0 fully saturated rings. The topological polar surface area (TPSA) is 42.7 Å². The number of rotatable bonds is 5. The zero-order chi connectivity index (χ0) is 10.6.